The molecule has 3 heteroatoms. The largest absolute Gasteiger partial charge is 0.396 e. The lowest BCUT2D eigenvalue weighted by atomic mass is 10.0. The van der Waals surface area contributed by atoms with Gasteiger partial charge in [-0.3, -0.25) is 0 Å². The van der Waals surface area contributed by atoms with Crippen LogP contribution in [0.4, 0.5) is 0 Å². The van der Waals surface area contributed by atoms with Crippen molar-refractivity contribution in [3.05, 3.63) is 0 Å². The summed E-state index contributed by atoms with van der Waals surface area (Å²) in [6.45, 7) is 0.291. The fourth-order valence-corrected chi connectivity index (χ4v) is 2.48. The molecule has 0 aromatic rings. The number of thioether (sulfide) groups is 1. The second-order valence-corrected chi connectivity index (χ2v) is 3.55. The van der Waals surface area contributed by atoms with Gasteiger partial charge in [0.25, 0.3) is 0 Å². The van der Waals surface area contributed by atoms with Crippen molar-refractivity contribution in [3.63, 3.8) is 0 Å². The summed E-state index contributed by atoms with van der Waals surface area (Å²) < 4.78 is 0. The monoisotopic (exact) mass is 147 g/mol. The van der Waals surface area contributed by atoms with Crippen molar-refractivity contribution in [2.24, 2.45) is 11.7 Å². The Morgan fingerprint density at radius 2 is 2.33 bits per heavy atom. The zero-order chi connectivity index (χ0) is 6.69. The van der Waals surface area contributed by atoms with Crippen LogP contribution in [0.3, 0.4) is 0 Å². The molecule has 1 aliphatic rings. The van der Waals surface area contributed by atoms with E-state index in [1.165, 1.54) is 0 Å². The van der Waals surface area contributed by atoms with Gasteiger partial charge < -0.3 is 10.8 Å². The Labute approximate surface area is 59.8 Å². The van der Waals surface area contributed by atoms with Crippen LogP contribution in [0.1, 0.15) is 6.42 Å². The quantitative estimate of drug-likeness (QED) is 0.580. The molecule has 1 fully saturated rings. The molecule has 1 aliphatic heterocycles. The summed E-state index contributed by atoms with van der Waals surface area (Å²) in [5, 5.41) is 8.58. The van der Waals surface area contributed by atoms with Gasteiger partial charge in [-0.1, -0.05) is 0 Å². The highest BCUT2D eigenvalue weighted by Gasteiger charge is 2.23. The van der Waals surface area contributed by atoms with Gasteiger partial charge in [0, 0.05) is 18.4 Å². The minimum atomic E-state index is 0.291. The lowest BCUT2D eigenvalue weighted by Crippen LogP contribution is -2.28. The molecular formula is C6H13NOS. The van der Waals surface area contributed by atoms with Crippen LogP contribution in [0.5, 0.6) is 0 Å². The summed E-state index contributed by atoms with van der Waals surface area (Å²) in [5.74, 6) is 2.78. The van der Waals surface area contributed by atoms with E-state index in [4.69, 9.17) is 10.8 Å². The van der Waals surface area contributed by atoms with Gasteiger partial charge in [0.15, 0.2) is 0 Å². The molecule has 0 aliphatic carbocycles. The molecule has 54 valence electrons. The van der Waals surface area contributed by atoms with Crippen LogP contribution in [0, 0.1) is 5.92 Å². The molecule has 0 radical (unpaired) electrons. The number of rotatable bonds is 2. The number of hydrogen-bond acceptors (Lipinski definition) is 3. The molecule has 2 atom stereocenters. The van der Waals surface area contributed by atoms with E-state index in [1.807, 2.05) is 11.8 Å². The van der Waals surface area contributed by atoms with Crippen molar-refractivity contribution < 1.29 is 5.11 Å². The van der Waals surface area contributed by atoms with E-state index in [1.54, 1.807) is 0 Å². The van der Waals surface area contributed by atoms with E-state index in [9.17, 15) is 0 Å². The first-order valence-corrected chi connectivity index (χ1v) is 4.44. The zero-order valence-electron chi connectivity index (χ0n) is 5.42. The van der Waals surface area contributed by atoms with Gasteiger partial charge in [-0.25, -0.2) is 0 Å². The minimum absolute atomic E-state index is 0.291. The predicted molar refractivity (Wildman–Crippen MR) is 40.5 cm³/mol. The van der Waals surface area contributed by atoms with Crippen LogP contribution >= 0.6 is 11.8 Å². The standard InChI is InChI=1S/C6H13NOS/c7-6-4-9-3-5(6)1-2-8/h5-6,8H,1-4,7H2. The first kappa shape index (κ1) is 7.38. The van der Waals surface area contributed by atoms with E-state index in [2.05, 4.69) is 0 Å². The number of hydrogen-bond donors (Lipinski definition) is 2. The highest BCUT2D eigenvalue weighted by molar-refractivity contribution is 7.99. The normalized spacial score (nSPS) is 35.3. The average Bonchev–Trinajstić information content (AvgIpc) is 2.18. The molecule has 0 spiro atoms. The molecule has 3 N–H and O–H groups in total. The van der Waals surface area contributed by atoms with Crippen LogP contribution in [0.25, 0.3) is 0 Å². The Morgan fingerprint density at radius 3 is 2.78 bits per heavy atom. The van der Waals surface area contributed by atoms with Gasteiger partial charge in [0.2, 0.25) is 0 Å². The minimum Gasteiger partial charge on any atom is -0.396 e. The first-order chi connectivity index (χ1) is 4.34. The fourth-order valence-electron chi connectivity index (χ4n) is 1.08. The Hall–Kier alpha value is 0.270. The molecular weight excluding hydrogens is 134 g/mol. The van der Waals surface area contributed by atoms with Crippen LogP contribution in [0.2, 0.25) is 0 Å². The van der Waals surface area contributed by atoms with E-state index in [0.717, 1.165) is 17.9 Å². The van der Waals surface area contributed by atoms with Gasteiger partial charge in [-0.15, -0.1) is 0 Å². The Balaban J connectivity index is 2.22. The molecule has 1 heterocycles. The van der Waals surface area contributed by atoms with E-state index in [-0.39, 0.29) is 0 Å². The molecule has 2 nitrogen and oxygen atoms in total. The van der Waals surface area contributed by atoms with Crippen molar-refractivity contribution in [1.29, 1.82) is 0 Å². The van der Waals surface area contributed by atoms with Crippen LogP contribution in [-0.4, -0.2) is 29.3 Å². The third-order valence-corrected chi connectivity index (χ3v) is 3.03. The van der Waals surface area contributed by atoms with Gasteiger partial charge in [-0.2, -0.15) is 11.8 Å². The Bertz CT molecular complexity index is 89.1. The van der Waals surface area contributed by atoms with Crippen molar-refractivity contribution in [2.45, 2.75) is 12.5 Å². The van der Waals surface area contributed by atoms with E-state index < -0.39 is 0 Å². The topological polar surface area (TPSA) is 46.2 Å². The van der Waals surface area contributed by atoms with Crippen molar-refractivity contribution in [1.82, 2.24) is 0 Å². The molecule has 0 amide bonds. The smallest absolute Gasteiger partial charge is 0.0434 e. The predicted octanol–water partition coefficient (Wildman–Crippen LogP) is 0.0591. The maximum Gasteiger partial charge on any atom is 0.0434 e. The van der Waals surface area contributed by atoms with Crippen molar-refractivity contribution >= 4 is 11.8 Å². The third-order valence-electron chi connectivity index (χ3n) is 1.75. The van der Waals surface area contributed by atoms with Gasteiger partial charge >= 0.3 is 0 Å². The molecule has 0 aromatic carbocycles. The Kier molecular flexibility index (Phi) is 2.82. The summed E-state index contributed by atoms with van der Waals surface area (Å²) in [6.07, 6.45) is 0.883. The SMILES string of the molecule is NC1CSCC1CCO. The number of aliphatic hydroxyl groups is 1. The summed E-state index contributed by atoms with van der Waals surface area (Å²) >= 11 is 1.89. The van der Waals surface area contributed by atoms with Crippen LogP contribution in [0.15, 0.2) is 0 Å². The summed E-state index contributed by atoms with van der Waals surface area (Å²) in [5.41, 5.74) is 5.73. The zero-order valence-corrected chi connectivity index (χ0v) is 6.23. The van der Waals surface area contributed by atoms with Gasteiger partial charge in [-0.05, 0) is 18.1 Å². The third kappa shape index (κ3) is 1.85. The van der Waals surface area contributed by atoms with E-state index >= 15 is 0 Å². The van der Waals surface area contributed by atoms with Gasteiger partial charge in [0.05, 0.1) is 0 Å². The highest BCUT2D eigenvalue weighted by Crippen LogP contribution is 2.24. The second kappa shape index (κ2) is 3.44. The maximum absolute atomic E-state index is 8.58. The lowest BCUT2D eigenvalue weighted by molar-refractivity contribution is 0.258. The molecule has 0 bridgehead atoms. The summed E-state index contributed by atoms with van der Waals surface area (Å²) in [4.78, 5) is 0. The highest BCUT2D eigenvalue weighted by atomic mass is 32.2. The van der Waals surface area contributed by atoms with Gasteiger partial charge in [0.1, 0.15) is 0 Å². The van der Waals surface area contributed by atoms with Crippen LogP contribution < -0.4 is 5.73 Å². The molecule has 1 saturated heterocycles. The molecule has 0 saturated carbocycles. The number of nitrogens with two attached hydrogens (primary N) is 1. The molecule has 1 rings (SSSR count). The van der Waals surface area contributed by atoms with Crippen molar-refractivity contribution in [3.8, 4) is 0 Å². The fraction of sp³-hybridized carbons (Fsp3) is 1.00. The van der Waals surface area contributed by atoms with E-state index in [0.29, 0.717) is 18.6 Å². The summed E-state index contributed by atoms with van der Waals surface area (Å²) in [7, 11) is 0. The maximum atomic E-state index is 8.58. The van der Waals surface area contributed by atoms with Crippen molar-refractivity contribution in [2.75, 3.05) is 18.1 Å². The molecule has 9 heavy (non-hydrogen) atoms. The molecule has 2 unspecified atom stereocenters. The lowest BCUT2D eigenvalue weighted by Gasteiger charge is -2.10. The summed E-state index contributed by atoms with van der Waals surface area (Å²) in [6, 6.07) is 0.335. The van der Waals surface area contributed by atoms with Crippen LogP contribution in [-0.2, 0) is 0 Å². The number of aliphatic hydroxyl groups excluding tert-OH is 1. The average molecular weight is 147 g/mol. The molecule has 0 aromatic heterocycles. The Morgan fingerprint density at radius 1 is 1.56 bits per heavy atom. The second-order valence-electron chi connectivity index (χ2n) is 2.47. The first-order valence-electron chi connectivity index (χ1n) is 3.28.